The zero-order valence-electron chi connectivity index (χ0n) is 11.0. The summed E-state index contributed by atoms with van der Waals surface area (Å²) in [6.07, 6.45) is -0.932. The second kappa shape index (κ2) is 4.43. The van der Waals surface area contributed by atoms with Gasteiger partial charge in [-0.25, -0.2) is 4.79 Å². The minimum Gasteiger partial charge on any atom is -0.479 e. The second-order valence-corrected chi connectivity index (χ2v) is 5.84. The molecule has 0 spiro atoms. The highest BCUT2D eigenvalue weighted by Gasteiger charge is 2.71. The van der Waals surface area contributed by atoms with Gasteiger partial charge in [-0.2, -0.15) is 0 Å². The molecule has 3 unspecified atom stereocenters. The number of aliphatic hydroxyl groups excluding tert-OH is 1. The third-order valence-electron chi connectivity index (χ3n) is 4.57. The number of amides is 1. The predicted octanol–water partition coefficient (Wildman–Crippen LogP) is -1.31. The maximum atomic E-state index is 12.2. The van der Waals surface area contributed by atoms with E-state index in [0.29, 0.717) is 6.61 Å². The van der Waals surface area contributed by atoms with Crippen molar-refractivity contribution in [2.24, 2.45) is 17.1 Å². The van der Waals surface area contributed by atoms with Crippen molar-refractivity contribution in [3.63, 3.8) is 0 Å². The zero-order chi connectivity index (χ0) is 14.4. The first-order valence-corrected chi connectivity index (χ1v) is 6.32. The van der Waals surface area contributed by atoms with Crippen LogP contribution in [0.4, 0.5) is 0 Å². The molecular formula is C12H20N2O5. The van der Waals surface area contributed by atoms with Crippen molar-refractivity contribution in [1.29, 1.82) is 0 Å². The molecule has 7 heteroatoms. The number of carboxylic acid groups (broad SMARTS) is 1. The van der Waals surface area contributed by atoms with Crippen molar-refractivity contribution in [3.05, 3.63) is 0 Å². The van der Waals surface area contributed by atoms with Crippen LogP contribution in [0.3, 0.4) is 0 Å². The number of aliphatic carboxylic acids is 1. The maximum Gasteiger partial charge on any atom is 0.334 e. The molecule has 1 heterocycles. The number of ether oxygens (including phenoxy) is 1. The molecule has 0 aromatic rings. The number of aliphatic hydroxyl groups is 1. The number of nitrogens with one attached hydrogen (secondary N) is 1. The molecule has 2 rings (SSSR count). The van der Waals surface area contributed by atoms with E-state index in [-0.39, 0.29) is 18.6 Å². The molecule has 0 aromatic carbocycles. The Balaban J connectivity index is 2.04. The van der Waals surface area contributed by atoms with E-state index >= 15 is 0 Å². The largest absolute Gasteiger partial charge is 0.479 e. The molecule has 1 saturated heterocycles. The fraction of sp³-hybridized carbons (Fsp3) is 0.833. The quantitative estimate of drug-likeness (QED) is 0.504. The van der Waals surface area contributed by atoms with Crippen LogP contribution in [0, 0.1) is 11.3 Å². The van der Waals surface area contributed by atoms with Gasteiger partial charge in [0.15, 0.2) is 6.10 Å². The van der Waals surface area contributed by atoms with Gasteiger partial charge in [-0.3, -0.25) is 4.79 Å². The Hall–Kier alpha value is -1.18. The van der Waals surface area contributed by atoms with Gasteiger partial charge in [0.1, 0.15) is 5.54 Å². The molecule has 108 valence electrons. The molecule has 0 radical (unpaired) electrons. The van der Waals surface area contributed by atoms with Gasteiger partial charge in [0.25, 0.3) is 0 Å². The van der Waals surface area contributed by atoms with Gasteiger partial charge in [0, 0.05) is 17.9 Å². The van der Waals surface area contributed by atoms with Gasteiger partial charge < -0.3 is 26.0 Å². The summed E-state index contributed by atoms with van der Waals surface area (Å²) in [6.45, 7) is 3.98. The first kappa shape index (κ1) is 14.2. The van der Waals surface area contributed by atoms with E-state index in [1.54, 1.807) is 0 Å². The lowest BCUT2D eigenvalue weighted by Gasteiger charge is -2.60. The van der Waals surface area contributed by atoms with Crippen LogP contribution in [-0.4, -0.2) is 53.0 Å². The summed E-state index contributed by atoms with van der Waals surface area (Å²) in [5, 5.41) is 20.2. The van der Waals surface area contributed by atoms with Crippen LogP contribution in [0.25, 0.3) is 0 Å². The smallest absolute Gasteiger partial charge is 0.334 e. The first-order valence-electron chi connectivity index (χ1n) is 6.32. The Morgan fingerprint density at radius 3 is 2.74 bits per heavy atom. The van der Waals surface area contributed by atoms with Crippen LogP contribution in [0.1, 0.15) is 20.3 Å². The summed E-state index contributed by atoms with van der Waals surface area (Å²) in [4.78, 5) is 22.7. The maximum absolute atomic E-state index is 12.2. The highest BCUT2D eigenvalue weighted by molar-refractivity contribution is 5.90. The SMILES string of the molecule is CC1(C)C2OCCC2C1(N)C(=O)NC[C@H](O)C(=O)O. The highest BCUT2D eigenvalue weighted by atomic mass is 16.5. The van der Waals surface area contributed by atoms with Gasteiger partial charge in [0.2, 0.25) is 5.91 Å². The first-order chi connectivity index (χ1) is 8.73. The van der Waals surface area contributed by atoms with Crippen molar-refractivity contribution in [2.45, 2.75) is 38.0 Å². The van der Waals surface area contributed by atoms with Crippen LogP contribution in [0.15, 0.2) is 0 Å². The molecule has 1 aliphatic heterocycles. The average Bonchev–Trinajstić information content (AvgIpc) is 2.82. The fourth-order valence-electron chi connectivity index (χ4n) is 3.27. The van der Waals surface area contributed by atoms with Gasteiger partial charge >= 0.3 is 5.97 Å². The number of fused-ring (bicyclic) bond motifs is 1. The van der Waals surface area contributed by atoms with E-state index in [1.165, 1.54) is 0 Å². The van der Waals surface area contributed by atoms with Gasteiger partial charge in [-0.05, 0) is 6.42 Å². The number of carbonyl (C=O) groups excluding carboxylic acids is 1. The number of hydrogen-bond acceptors (Lipinski definition) is 5. The average molecular weight is 272 g/mol. The molecule has 0 aromatic heterocycles. The number of carbonyl (C=O) groups is 2. The minimum absolute atomic E-state index is 0.0346. The van der Waals surface area contributed by atoms with E-state index in [9.17, 15) is 9.59 Å². The van der Waals surface area contributed by atoms with E-state index in [0.717, 1.165) is 6.42 Å². The molecule has 19 heavy (non-hydrogen) atoms. The Labute approximate surface area is 111 Å². The standard InChI is InChI=1S/C12H20N2O5/c1-11(2)8-6(3-4-19-8)12(11,13)10(18)14-5-7(15)9(16)17/h6-8,15H,3-5,13H2,1-2H3,(H,14,18)(H,16,17)/t6?,7-,8?,12?/m0/s1. The Bertz CT molecular complexity index is 411. The Morgan fingerprint density at radius 2 is 2.16 bits per heavy atom. The summed E-state index contributed by atoms with van der Waals surface area (Å²) >= 11 is 0. The molecule has 5 N–H and O–H groups in total. The van der Waals surface area contributed by atoms with Crippen molar-refractivity contribution in [2.75, 3.05) is 13.2 Å². The van der Waals surface area contributed by atoms with Gasteiger partial charge in [0.05, 0.1) is 12.6 Å². The molecule has 0 bridgehead atoms. The van der Waals surface area contributed by atoms with Crippen molar-refractivity contribution in [1.82, 2.24) is 5.32 Å². The molecular weight excluding hydrogens is 252 g/mol. The number of carboxylic acids is 1. The lowest BCUT2D eigenvalue weighted by atomic mass is 9.48. The number of hydrogen-bond donors (Lipinski definition) is 4. The topological polar surface area (TPSA) is 122 Å². The van der Waals surface area contributed by atoms with E-state index in [1.807, 2.05) is 13.8 Å². The van der Waals surface area contributed by atoms with E-state index in [4.69, 9.17) is 20.7 Å². The van der Waals surface area contributed by atoms with Crippen LogP contribution in [0.5, 0.6) is 0 Å². The van der Waals surface area contributed by atoms with E-state index in [2.05, 4.69) is 5.32 Å². The van der Waals surface area contributed by atoms with Crippen LogP contribution in [-0.2, 0) is 14.3 Å². The molecule has 1 aliphatic carbocycles. The highest BCUT2D eigenvalue weighted by Crippen LogP contribution is 2.58. The third-order valence-corrected chi connectivity index (χ3v) is 4.57. The second-order valence-electron chi connectivity index (χ2n) is 5.84. The Kier molecular flexibility index (Phi) is 3.32. The van der Waals surface area contributed by atoms with Gasteiger partial charge in [-0.1, -0.05) is 13.8 Å². The lowest BCUT2D eigenvalue weighted by Crippen LogP contribution is -2.80. The van der Waals surface area contributed by atoms with Crippen molar-refractivity contribution in [3.8, 4) is 0 Å². The summed E-state index contributed by atoms with van der Waals surface area (Å²) in [7, 11) is 0. The summed E-state index contributed by atoms with van der Waals surface area (Å²) in [6, 6.07) is 0. The van der Waals surface area contributed by atoms with Crippen LogP contribution >= 0.6 is 0 Å². The van der Waals surface area contributed by atoms with Crippen molar-refractivity contribution >= 4 is 11.9 Å². The number of rotatable bonds is 4. The molecule has 1 amide bonds. The Morgan fingerprint density at radius 1 is 1.53 bits per heavy atom. The summed E-state index contributed by atoms with van der Waals surface area (Å²) in [5.41, 5.74) is 4.67. The third kappa shape index (κ3) is 1.84. The normalized spacial score (nSPS) is 37.1. The molecule has 2 aliphatic rings. The molecule has 1 saturated carbocycles. The predicted molar refractivity (Wildman–Crippen MR) is 65.2 cm³/mol. The summed E-state index contributed by atoms with van der Waals surface area (Å²) in [5.74, 6) is -1.85. The zero-order valence-corrected chi connectivity index (χ0v) is 11.0. The number of nitrogens with two attached hydrogens (primary N) is 1. The summed E-state index contributed by atoms with van der Waals surface area (Å²) < 4.78 is 5.57. The fourth-order valence-corrected chi connectivity index (χ4v) is 3.27. The lowest BCUT2D eigenvalue weighted by molar-refractivity contribution is -0.175. The van der Waals surface area contributed by atoms with Gasteiger partial charge in [-0.15, -0.1) is 0 Å². The van der Waals surface area contributed by atoms with E-state index < -0.39 is 28.9 Å². The van der Waals surface area contributed by atoms with Crippen LogP contribution < -0.4 is 11.1 Å². The monoisotopic (exact) mass is 272 g/mol. The molecule has 4 atom stereocenters. The molecule has 2 fully saturated rings. The van der Waals surface area contributed by atoms with Crippen LogP contribution in [0.2, 0.25) is 0 Å². The molecule has 7 nitrogen and oxygen atoms in total. The minimum atomic E-state index is -1.62. The van der Waals surface area contributed by atoms with Crippen molar-refractivity contribution < 1.29 is 24.5 Å².